The number of benzene rings is 1. The van der Waals surface area contributed by atoms with Gasteiger partial charge in [-0.3, -0.25) is 14.2 Å². The number of anilines is 1. The summed E-state index contributed by atoms with van der Waals surface area (Å²) in [6.07, 6.45) is 2.69. The normalized spacial score (nSPS) is 15.0. The Bertz CT molecular complexity index is 940. The van der Waals surface area contributed by atoms with Crippen LogP contribution in [0.15, 0.2) is 40.3 Å². The van der Waals surface area contributed by atoms with Crippen LogP contribution in [0.4, 0.5) is 5.69 Å². The Hall–Kier alpha value is -2.61. The summed E-state index contributed by atoms with van der Waals surface area (Å²) >= 11 is 1.50. The molecule has 29 heavy (non-hydrogen) atoms. The van der Waals surface area contributed by atoms with Crippen molar-refractivity contribution in [1.82, 2.24) is 9.55 Å². The minimum Gasteiger partial charge on any atom is -0.462 e. The first-order chi connectivity index (χ1) is 14.0. The molecule has 0 spiro atoms. The van der Waals surface area contributed by atoms with Gasteiger partial charge in [0.15, 0.2) is 5.16 Å². The summed E-state index contributed by atoms with van der Waals surface area (Å²) in [7, 11) is 0. The zero-order valence-electron chi connectivity index (χ0n) is 16.6. The van der Waals surface area contributed by atoms with Gasteiger partial charge in [0.1, 0.15) is 0 Å². The zero-order valence-corrected chi connectivity index (χ0v) is 17.5. The predicted octanol–water partition coefficient (Wildman–Crippen LogP) is 3.44. The standard InChI is InChI=1S/C21H25N3O4S/c1-3-5-10-28-20(27)14-6-8-16(9-7-14)22-18(25)12-17-13-29-21-23-15(4-2)11-19(26)24(17)21/h6-9,11,17H,3-5,10,12-13H2,1-2H3,(H,22,25). The van der Waals surface area contributed by atoms with Crippen LogP contribution < -0.4 is 10.9 Å². The molecule has 0 saturated carbocycles. The van der Waals surface area contributed by atoms with Gasteiger partial charge in [-0.05, 0) is 37.1 Å². The lowest BCUT2D eigenvalue weighted by molar-refractivity contribution is -0.116. The third-order valence-corrected chi connectivity index (χ3v) is 5.76. The van der Waals surface area contributed by atoms with Crippen LogP contribution in [0.3, 0.4) is 0 Å². The monoisotopic (exact) mass is 415 g/mol. The Morgan fingerprint density at radius 3 is 2.72 bits per heavy atom. The Morgan fingerprint density at radius 1 is 1.28 bits per heavy atom. The maximum absolute atomic E-state index is 12.5. The molecule has 2 aromatic rings. The second kappa shape index (κ2) is 9.73. The highest BCUT2D eigenvalue weighted by atomic mass is 32.2. The molecule has 1 aromatic carbocycles. The molecule has 154 valence electrons. The lowest BCUT2D eigenvalue weighted by atomic mass is 10.2. The largest absolute Gasteiger partial charge is 0.462 e. The molecule has 3 rings (SSSR count). The molecule has 0 radical (unpaired) electrons. The highest BCUT2D eigenvalue weighted by Gasteiger charge is 2.27. The number of unbranched alkanes of at least 4 members (excludes halogenated alkanes) is 1. The van der Waals surface area contributed by atoms with E-state index in [2.05, 4.69) is 10.3 Å². The van der Waals surface area contributed by atoms with Crippen molar-refractivity contribution < 1.29 is 14.3 Å². The fraction of sp³-hybridized carbons (Fsp3) is 0.429. The Morgan fingerprint density at radius 2 is 2.03 bits per heavy atom. The molecule has 0 bridgehead atoms. The summed E-state index contributed by atoms with van der Waals surface area (Å²) in [5, 5.41) is 3.50. The number of thioether (sulfide) groups is 1. The van der Waals surface area contributed by atoms with E-state index in [0.29, 0.717) is 35.2 Å². The maximum atomic E-state index is 12.5. The number of nitrogens with one attached hydrogen (secondary N) is 1. The second-order valence-electron chi connectivity index (χ2n) is 6.88. The van der Waals surface area contributed by atoms with Gasteiger partial charge in [0.25, 0.3) is 5.56 Å². The highest BCUT2D eigenvalue weighted by molar-refractivity contribution is 7.99. The van der Waals surface area contributed by atoms with Crippen molar-refractivity contribution in [2.24, 2.45) is 0 Å². The maximum Gasteiger partial charge on any atom is 0.338 e. The molecule has 1 atom stereocenters. The van der Waals surface area contributed by atoms with Crippen molar-refractivity contribution in [2.45, 2.75) is 50.7 Å². The number of carbonyl (C=O) groups excluding carboxylic acids is 2. The van der Waals surface area contributed by atoms with Gasteiger partial charge < -0.3 is 10.1 Å². The summed E-state index contributed by atoms with van der Waals surface area (Å²) in [5.74, 6) is 0.0909. The number of esters is 1. The molecule has 1 N–H and O–H groups in total. The fourth-order valence-corrected chi connectivity index (χ4v) is 4.21. The lowest BCUT2D eigenvalue weighted by Gasteiger charge is -2.13. The Balaban J connectivity index is 1.58. The van der Waals surface area contributed by atoms with E-state index in [-0.39, 0.29) is 29.9 Å². The summed E-state index contributed by atoms with van der Waals surface area (Å²) in [5.41, 5.74) is 1.70. The molecule has 1 unspecified atom stereocenters. The van der Waals surface area contributed by atoms with E-state index in [9.17, 15) is 14.4 Å². The number of nitrogens with zero attached hydrogens (tertiary/aromatic N) is 2. The highest BCUT2D eigenvalue weighted by Crippen LogP contribution is 2.32. The smallest absolute Gasteiger partial charge is 0.338 e. The van der Waals surface area contributed by atoms with Crippen LogP contribution in [0.1, 0.15) is 55.2 Å². The molecule has 0 saturated heterocycles. The molecule has 1 aliphatic heterocycles. The Kier molecular flexibility index (Phi) is 7.09. The van der Waals surface area contributed by atoms with Gasteiger partial charge in [-0.1, -0.05) is 32.0 Å². The van der Waals surface area contributed by atoms with Crippen LogP contribution in [0, 0.1) is 0 Å². The first-order valence-electron chi connectivity index (χ1n) is 9.84. The van der Waals surface area contributed by atoms with Crippen molar-refractivity contribution >= 4 is 29.3 Å². The SMILES string of the molecule is CCCCOC(=O)c1ccc(NC(=O)CC2CSc3nc(CC)cc(=O)n32)cc1. The van der Waals surface area contributed by atoms with E-state index in [1.54, 1.807) is 34.9 Å². The molecular weight excluding hydrogens is 390 g/mol. The molecule has 0 aliphatic carbocycles. The van der Waals surface area contributed by atoms with Gasteiger partial charge in [0.05, 0.1) is 18.2 Å². The van der Waals surface area contributed by atoms with Crippen molar-refractivity contribution in [3.05, 3.63) is 51.9 Å². The van der Waals surface area contributed by atoms with Crippen LogP contribution in [-0.4, -0.2) is 33.8 Å². The van der Waals surface area contributed by atoms with Crippen LogP contribution in [0.25, 0.3) is 0 Å². The molecule has 1 amide bonds. The molecule has 1 aromatic heterocycles. The average Bonchev–Trinajstić information content (AvgIpc) is 3.11. The molecule has 7 nitrogen and oxygen atoms in total. The van der Waals surface area contributed by atoms with Gasteiger partial charge >= 0.3 is 5.97 Å². The number of hydrogen-bond donors (Lipinski definition) is 1. The number of amides is 1. The van der Waals surface area contributed by atoms with E-state index in [1.165, 1.54) is 11.8 Å². The number of rotatable bonds is 8. The second-order valence-corrected chi connectivity index (χ2v) is 7.86. The number of hydrogen-bond acceptors (Lipinski definition) is 6. The summed E-state index contributed by atoms with van der Waals surface area (Å²) in [6, 6.07) is 7.93. The first-order valence-corrected chi connectivity index (χ1v) is 10.8. The summed E-state index contributed by atoms with van der Waals surface area (Å²) in [4.78, 5) is 41.2. The number of ether oxygens (including phenoxy) is 1. The van der Waals surface area contributed by atoms with Crippen molar-refractivity contribution in [3.8, 4) is 0 Å². The minimum atomic E-state index is -0.366. The number of fused-ring (bicyclic) bond motifs is 1. The van der Waals surface area contributed by atoms with Gasteiger partial charge in [-0.25, -0.2) is 9.78 Å². The van der Waals surface area contributed by atoms with E-state index >= 15 is 0 Å². The van der Waals surface area contributed by atoms with E-state index < -0.39 is 0 Å². The van der Waals surface area contributed by atoms with Gasteiger partial charge in [-0.2, -0.15) is 0 Å². The third-order valence-electron chi connectivity index (χ3n) is 4.66. The van der Waals surface area contributed by atoms with Crippen LogP contribution in [0.5, 0.6) is 0 Å². The number of carbonyl (C=O) groups is 2. The van der Waals surface area contributed by atoms with Crippen molar-refractivity contribution in [3.63, 3.8) is 0 Å². The average molecular weight is 416 g/mol. The van der Waals surface area contributed by atoms with Gasteiger partial charge in [0, 0.05) is 29.6 Å². The van der Waals surface area contributed by atoms with Crippen molar-refractivity contribution in [2.75, 3.05) is 17.7 Å². The lowest BCUT2D eigenvalue weighted by Crippen LogP contribution is -2.27. The number of aromatic nitrogens is 2. The summed E-state index contributed by atoms with van der Waals surface area (Å²) in [6.45, 7) is 4.39. The first kappa shape index (κ1) is 21.1. The molecule has 8 heteroatoms. The van der Waals surface area contributed by atoms with Crippen LogP contribution >= 0.6 is 11.8 Å². The minimum absolute atomic E-state index is 0.111. The molecule has 1 aliphatic rings. The van der Waals surface area contributed by atoms with E-state index in [4.69, 9.17) is 4.74 Å². The van der Waals surface area contributed by atoms with Crippen LogP contribution in [0.2, 0.25) is 0 Å². The predicted molar refractivity (Wildman–Crippen MR) is 113 cm³/mol. The van der Waals surface area contributed by atoms with Gasteiger partial charge in [-0.15, -0.1) is 0 Å². The fourth-order valence-electron chi connectivity index (χ4n) is 3.04. The van der Waals surface area contributed by atoms with E-state index in [0.717, 1.165) is 18.5 Å². The van der Waals surface area contributed by atoms with Gasteiger partial charge in [0.2, 0.25) is 5.91 Å². The molecular formula is C21H25N3O4S. The molecule has 0 fully saturated rings. The van der Waals surface area contributed by atoms with Crippen LogP contribution in [-0.2, 0) is 16.0 Å². The quantitative estimate of drug-likeness (QED) is 0.404. The number of aryl methyl sites for hydroxylation is 1. The van der Waals surface area contributed by atoms with E-state index in [1.807, 2.05) is 13.8 Å². The summed E-state index contributed by atoms with van der Waals surface area (Å²) < 4.78 is 6.78. The Labute approximate surface area is 173 Å². The topological polar surface area (TPSA) is 90.3 Å². The van der Waals surface area contributed by atoms with Crippen molar-refractivity contribution in [1.29, 1.82) is 0 Å². The molecule has 2 heterocycles. The zero-order chi connectivity index (χ0) is 20.8. The third kappa shape index (κ3) is 5.26.